The van der Waals surface area contributed by atoms with Gasteiger partial charge in [-0.25, -0.2) is 0 Å². The van der Waals surface area contributed by atoms with Crippen LogP contribution >= 0.6 is 0 Å². The van der Waals surface area contributed by atoms with Crippen LogP contribution in [0.15, 0.2) is 42.7 Å². The van der Waals surface area contributed by atoms with Crippen molar-refractivity contribution in [3.8, 4) is 0 Å². The molecule has 1 N–H and O–H groups in total. The summed E-state index contributed by atoms with van der Waals surface area (Å²) in [6.07, 6.45) is 3.73. The molecule has 2 aromatic rings. The van der Waals surface area contributed by atoms with Crippen molar-refractivity contribution in [2.24, 2.45) is 0 Å². The van der Waals surface area contributed by atoms with Gasteiger partial charge >= 0.3 is 0 Å². The molecule has 2 rings (SSSR count). The molecule has 0 bridgehead atoms. The molecule has 0 saturated carbocycles. The van der Waals surface area contributed by atoms with Crippen molar-refractivity contribution in [1.29, 1.82) is 0 Å². The molecule has 3 nitrogen and oxygen atoms in total. The first-order valence-corrected chi connectivity index (χ1v) is 5.81. The zero-order valence-corrected chi connectivity index (χ0v) is 10.2. The van der Waals surface area contributed by atoms with Gasteiger partial charge in [0.2, 0.25) is 0 Å². The molecule has 0 saturated heterocycles. The van der Waals surface area contributed by atoms with E-state index in [0.717, 1.165) is 17.9 Å². The van der Waals surface area contributed by atoms with Crippen LogP contribution in [0.2, 0.25) is 0 Å². The van der Waals surface area contributed by atoms with Crippen LogP contribution in [0, 0.1) is 6.92 Å². The number of nitrogens with one attached hydrogen (secondary N) is 1. The van der Waals surface area contributed by atoms with Crippen molar-refractivity contribution >= 4 is 0 Å². The van der Waals surface area contributed by atoms with Crippen LogP contribution in [0.3, 0.4) is 0 Å². The average Bonchev–Trinajstić information content (AvgIpc) is 2.39. The second kappa shape index (κ2) is 5.55. The molecule has 3 heteroatoms. The van der Waals surface area contributed by atoms with Crippen LogP contribution in [0.5, 0.6) is 0 Å². The largest absolute Gasteiger partial charge is 0.305 e. The molecular weight excluding hydrogens is 210 g/mol. The lowest BCUT2D eigenvalue weighted by atomic mass is 10.2. The number of aromatic nitrogens is 2. The van der Waals surface area contributed by atoms with Crippen LogP contribution in [-0.2, 0) is 6.54 Å². The SMILES string of the molecule is Cc1ccc(CN[C@H](C)c2ccccn2)cn1. The number of nitrogens with zero attached hydrogens (tertiary/aromatic N) is 2. The van der Waals surface area contributed by atoms with Gasteiger partial charge in [0, 0.05) is 30.7 Å². The Morgan fingerprint density at radius 1 is 1.18 bits per heavy atom. The summed E-state index contributed by atoms with van der Waals surface area (Å²) >= 11 is 0. The first-order valence-electron chi connectivity index (χ1n) is 5.81. The highest BCUT2D eigenvalue weighted by molar-refractivity contribution is 5.14. The van der Waals surface area contributed by atoms with Crippen molar-refractivity contribution < 1.29 is 0 Å². The molecule has 2 heterocycles. The van der Waals surface area contributed by atoms with Crippen molar-refractivity contribution in [3.63, 3.8) is 0 Å². The minimum atomic E-state index is 0.248. The van der Waals surface area contributed by atoms with Gasteiger partial charge < -0.3 is 5.32 Å². The Labute approximate surface area is 102 Å². The lowest BCUT2D eigenvalue weighted by Gasteiger charge is -2.12. The molecule has 0 aliphatic rings. The van der Waals surface area contributed by atoms with Gasteiger partial charge in [-0.1, -0.05) is 12.1 Å². The van der Waals surface area contributed by atoms with Gasteiger partial charge in [0.05, 0.1) is 5.69 Å². The van der Waals surface area contributed by atoms with Crippen LogP contribution in [0.1, 0.15) is 29.9 Å². The summed E-state index contributed by atoms with van der Waals surface area (Å²) in [4.78, 5) is 8.60. The fourth-order valence-corrected chi connectivity index (χ4v) is 1.61. The van der Waals surface area contributed by atoms with Gasteiger partial charge in [-0.2, -0.15) is 0 Å². The second-order valence-corrected chi connectivity index (χ2v) is 4.17. The summed E-state index contributed by atoms with van der Waals surface area (Å²) in [5, 5.41) is 3.43. The summed E-state index contributed by atoms with van der Waals surface area (Å²) in [6.45, 7) is 4.92. The van der Waals surface area contributed by atoms with E-state index in [9.17, 15) is 0 Å². The van der Waals surface area contributed by atoms with Crippen LogP contribution in [-0.4, -0.2) is 9.97 Å². The Bertz CT molecular complexity index is 451. The van der Waals surface area contributed by atoms with E-state index < -0.39 is 0 Å². The van der Waals surface area contributed by atoms with E-state index in [2.05, 4.69) is 28.3 Å². The molecule has 88 valence electrons. The molecule has 1 atom stereocenters. The third-order valence-electron chi connectivity index (χ3n) is 2.72. The number of aryl methyl sites for hydroxylation is 1. The van der Waals surface area contributed by atoms with E-state index in [4.69, 9.17) is 0 Å². The van der Waals surface area contributed by atoms with E-state index in [1.54, 1.807) is 0 Å². The highest BCUT2D eigenvalue weighted by atomic mass is 14.9. The Morgan fingerprint density at radius 3 is 2.71 bits per heavy atom. The van der Waals surface area contributed by atoms with Gasteiger partial charge in [0.25, 0.3) is 0 Å². The molecule has 0 fully saturated rings. The Kier molecular flexibility index (Phi) is 3.83. The number of hydrogen-bond donors (Lipinski definition) is 1. The summed E-state index contributed by atoms with van der Waals surface area (Å²) in [5.41, 5.74) is 3.30. The third-order valence-corrected chi connectivity index (χ3v) is 2.72. The summed E-state index contributed by atoms with van der Waals surface area (Å²) in [7, 11) is 0. The van der Waals surface area contributed by atoms with E-state index in [0.29, 0.717) is 0 Å². The van der Waals surface area contributed by atoms with Crippen molar-refractivity contribution in [1.82, 2.24) is 15.3 Å². The quantitative estimate of drug-likeness (QED) is 0.872. The standard InChI is InChI=1S/C14H17N3/c1-11-6-7-13(9-16-11)10-17-12(2)14-5-3-4-8-15-14/h3-9,12,17H,10H2,1-2H3/t12-/m1/s1. The molecule has 0 aromatic carbocycles. The lowest BCUT2D eigenvalue weighted by molar-refractivity contribution is 0.560. The normalized spacial score (nSPS) is 12.4. The minimum Gasteiger partial charge on any atom is -0.305 e. The highest BCUT2D eigenvalue weighted by Crippen LogP contribution is 2.09. The molecule has 2 aromatic heterocycles. The second-order valence-electron chi connectivity index (χ2n) is 4.17. The van der Waals surface area contributed by atoms with Gasteiger partial charge in [0.1, 0.15) is 0 Å². The van der Waals surface area contributed by atoms with E-state index in [1.165, 1.54) is 5.56 Å². The lowest BCUT2D eigenvalue weighted by Crippen LogP contribution is -2.19. The Hall–Kier alpha value is -1.74. The van der Waals surface area contributed by atoms with Crippen LogP contribution < -0.4 is 5.32 Å². The maximum absolute atomic E-state index is 4.33. The van der Waals surface area contributed by atoms with E-state index in [1.807, 2.05) is 43.6 Å². The molecule has 0 aliphatic carbocycles. The fourth-order valence-electron chi connectivity index (χ4n) is 1.61. The van der Waals surface area contributed by atoms with Gasteiger partial charge in [0.15, 0.2) is 0 Å². The highest BCUT2D eigenvalue weighted by Gasteiger charge is 2.04. The van der Waals surface area contributed by atoms with Crippen LogP contribution in [0.4, 0.5) is 0 Å². The molecule has 0 spiro atoms. The fraction of sp³-hybridized carbons (Fsp3) is 0.286. The number of rotatable bonds is 4. The molecule has 0 amide bonds. The van der Waals surface area contributed by atoms with Crippen molar-refractivity contribution in [2.75, 3.05) is 0 Å². The minimum absolute atomic E-state index is 0.248. The first kappa shape index (κ1) is 11.7. The molecular formula is C14H17N3. The van der Waals surface area contributed by atoms with Gasteiger partial charge in [-0.15, -0.1) is 0 Å². The van der Waals surface area contributed by atoms with E-state index >= 15 is 0 Å². The van der Waals surface area contributed by atoms with Gasteiger partial charge in [-0.05, 0) is 37.6 Å². The molecule has 0 aliphatic heterocycles. The maximum Gasteiger partial charge on any atom is 0.0570 e. The van der Waals surface area contributed by atoms with Crippen molar-refractivity contribution in [2.45, 2.75) is 26.4 Å². The Balaban J connectivity index is 1.92. The third kappa shape index (κ3) is 3.36. The molecule has 0 unspecified atom stereocenters. The van der Waals surface area contributed by atoms with Crippen molar-refractivity contribution in [3.05, 3.63) is 59.7 Å². The summed E-state index contributed by atoms with van der Waals surface area (Å²) in [6, 6.07) is 10.3. The zero-order chi connectivity index (χ0) is 12.1. The topological polar surface area (TPSA) is 37.8 Å². The predicted molar refractivity (Wildman–Crippen MR) is 68.5 cm³/mol. The average molecular weight is 227 g/mol. The van der Waals surface area contributed by atoms with Gasteiger partial charge in [-0.3, -0.25) is 9.97 Å². The summed E-state index contributed by atoms with van der Waals surface area (Å²) < 4.78 is 0. The molecule has 0 radical (unpaired) electrons. The zero-order valence-electron chi connectivity index (χ0n) is 10.2. The number of pyridine rings is 2. The smallest absolute Gasteiger partial charge is 0.0570 e. The summed E-state index contributed by atoms with van der Waals surface area (Å²) in [5.74, 6) is 0. The van der Waals surface area contributed by atoms with E-state index in [-0.39, 0.29) is 6.04 Å². The molecule has 17 heavy (non-hydrogen) atoms. The monoisotopic (exact) mass is 227 g/mol. The maximum atomic E-state index is 4.33. The Morgan fingerprint density at radius 2 is 2.06 bits per heavy atom. The first-order chi connectivity index (χ1) is 8.25. The van der Waals surface area contributed by atoms with Crippen LogP contribution in [0.25, 0.3) is 0 Å². The predicted octanol–water partition coefficient (Wildman–Crippen LogP) is 2.64. The number of hydrogen-bond acceptors (Lipinski definition) is 3.